The monoisotopic (exact) mass is 211 g/mol. The lowest BCUT2D eigenvalue weighted by atomic mass is 10.4. The van der Waals surface area contributed by atoms with Crippen molar-refractivity contribution in [3.05, 3.63) is 27.4 Å². The molecule has 0 aliphatic heterocycles. The molecular weight excluding hydrogens is 206 g/mol. The highest BCUT2D eigenvalue weighted by Gasteiger charge is 2.09. The molecule has 1 N–H and O–H groups in total. The van der Waals surface area contributed by atoms with Crippen molar-refractivity contribution in [3.63, 3.8) is 0 Å². The first-order valence-electron chi connectivity index (χ1n) is 3.63. The topological polar surface area (TPSA) is 68.1 Å². The van der Waals surface area contributed by atoms with Crippen LogP contribution in [0.1, 0.15) is 0 Å². The summed E-state index contributed by atoms with van der Waals surface area (Å²) >= 11 is 5.57. The van der Waals surface area contributed by atoms with E-state index in [9.17, 15) is 10.1 Å². The van der Waals surface area contributed by atoms with Crippen molar-refractivity contribution in [2.75, 3.05) is 11.9 Å². The fourth-order valence-corrected chi connectivity index (χ4v) is 1.02. The first kappa shape index (κ1) is 10.3. The Bertz CT molecular complexity index is 400. The molecule has 0 saturated heterocycles. The van der Waals surface area contributed by atoms with Crippen molar-refractivity contribution >= 4 is 23.1 Å². The van der Waals surface area contributed by atoms with Crippen LogP contribution in [0.25, 0.3) is 0 Å². The summed E-state index contributed by atoms with van der Waals surface area (Å²) in [6.45, 7) is 0.241. The Morgan fingerprint density at radius 1 is 1.71 bits per heavy atom. The predicted octanol–water partition coefficient (Wildman–Crippen LogP) is 1.69. The number of hydrogen-bond acceptors (Lipinski definition) is 4. The molecule has 1 aromatic rings. The Balaban J connectivity index is 2.96. The molecular formula is C8H6ClN3O2. The van der Waals surface area contributed by atoms with E-state index in [0.717, 1.165) is 0 Å². The molecule has 72 valence electrons. The Labute approximate surface area is 85.3 Å². The second-order valence-corrected chi connectivity index (χ2v) is 2.74. The van der Waals surface area contributed by atoms with Gasteiger partial charge in [-0.3, -0.25) is 10.1 Å². The predicted molar refractivity (Wildman–Crippen MR) is 53.2 cm³/mol. The minimum Gasteiger partial charge on any atom is -0.359 e. The van der Waals surface area contributed by atoms with Crippen LogP contribution in [0.4, 0.5) is 11.5 Å². The zero-order chi connectivity index (χ0) is 10.6. The van der Waals surface area contributed by atoms with Gasteiger partial charge < -0.3 is 5.32 Å². The van der Waals surface area contributed by atoms with Crippen molar-refractivity contribution < 1.29 is 4.92 Å². The highest BCUT2D eigenvalue weighted by atomic mass is 35.5. The van der Waals surface area contributed by atoms with Gasteiger partial charge in [-0.15, -0.1) is 6.42 Å². The highest BCUT2D eigenvalue weighted by Crippen LogP contribution is 2.20. The van der Waals surface area contributed by atoms with Crippen LogP contribution in [0.5, 0.6) is 0 Å². The number of nitrogens with zero attached hydrogens (tertiary/aromatic N) is 2. The van der Waals surface area contributed by atoms with Crippen LogP contribution >= 0.6 is 11.6 Å². The lowest BCUT2D eigenvalue weighted by Crippen LogP contribution is -2.01. The van der Waals surface area contributed by atoms with E-state index in [-0.39, 0.29) is 17.4 Å². The van der Waals surface area contributed by atoms with E-state index >= 15 is 0 Å². The number of halogens is 1. The van der Waals surface area contributed by atoms with E-state index in [4.69, 9.17) is 18.0 Å². The molecule has 0 atom stereocenters. The molecule has 0 fully saturated rings. The zero-order valence-corrected chi connectivity index (χ0v) is 7.78. The first-order chi connectivity index (χ1) is 6.63. The molecule has 0 aromatic carbocycles. The largest absolute Gasteiger partial charge is 0.359 e. The van der Waals surface area contributed by atoms with Crippen molar-refractivity contribution in [3.8, 4) is 12.3 Å². The van der Waals surface area contributed by atoms with E-state index in [1.165, 1.54) is 12.1 Å². The summed E-state index contributed by atoms with van der Waals surface area (Å²) in [7, 11) is 0. The van der Waals surface area contributed by atoms with Gasteiger partial charge >= 0.3 is 0 Å². The maximum absolute atomic E-state index is 10.4. The maximum Gasteiger partial charge on any atom is 0.276 e. The molecule has 0 bridgehead atoms. The Hall–Kier alpha value is -1.80. The second kappa shape index (κ2) is 4.44. The Morgan fingerprint density at radius 3 is 3.00 bits per heavy atom. The lowest BCUT2D eigenvalue weighted by Gasteiger charge is -2.01. The molecule has 1 heterocycles. The molecule has 0 amide bonds. The van der Waals surface area contributed by atoms with Crippen LogP contribution in [-0.2, 0) is 0 Å². The molecule has 5 nitrogen and oxygen atoms in total. The third kappa shape index (κ3) is 2.61. The van der Waals surface area contributed by atoms with Crippen LogP contribution < -0.4 is 5.32 Å². The summed E-state index contributed by atoms with van der Waals surface area (Å²) in [6.07, 6.45) is 5.01. The van der Waals surface area contributed by atoms with Gasteiger partial charge in [-0.1, -0.05) is 17.5 Å². The van der Waals surface area contributed by atoms with E-state index in [1.54, 1.807) is 0 Å². The molecule has 6 heteroatoms. The van der Waals surface area contributed by atoms with Gasteiger partial charge in [-0.2, -0.15) is 0 Å². The van der Waals surface area contributed by atoms with Gasteiger partial charge in [0.2, 0.25) is 0 Å². The van der Waals surface area contributed by atoms with E-state index in [1.807, 2.05) is 0 Å². The molecule has 0 radical (unpaired) electrons. The number of pyridine rings is 1. The number of aromatic nitrogens is 1. The summed E-state index contributed by atoms with van der Waals surface area (Å²) < 4.78 is 0. The average molecular weight is 212 g/mol. The number of rotatable bonds is 3. The number of nitro groups is 1. The van der Waals surface area contributed by atoms with Crippen LogP contribution in [0.15, 0.2) is 12.1 Å². The SMILES string of the molecule is C#CCNc1cc([N+](=O)[O-])cc(Cl)n1. The average Bonchev–Trinajstić information content (AvgIpc) is 2.14. The maximum atomic E-state index is 10.4. The number of anilines is 1. The number of hydrogen-bond donors (Lipinski definition) is 1. The highest BCUT2D eigenvalue weighted by molar-refractivity contribution is 6.29. The fraction of sp³-hybridized carbons (Fsp3) is 0.125. The van der Waals surface area contributed by atoms with E-state index in [2.05, 4.69) is 16.2 Å². The Kier molecular flexibility index (Phi) is 3.26. The van der Waals surface area contributed by atoms with Crippen molar-refractivity contribution in [1.82, 2.24) is 4.98 Å². The van der Waals surface area contributed by atoms with Gasteiger partial charge in [0.1, 0.15) is 11.0 Å². The van der Waals surface area contributed by atoms with Gasteiger partial charge in [0, 0.05) is 0 Å². The summed E-state index contributed by atoms with van der Waals surface area (Å²) in [4.78, 5) is 13.7. The van der Waals surface area contributed by atoms with Crippen LogP contribution in [0.3, 0.4) is 0 Å². The van der Waals surface area contributed by atoms with Crippen LogP contribution in [0.2, 0.25) is 5.15 Å². The zero-order valence-electron chi connectivity index (χ0n) is 7.03. The van der Waals surface area contributed by atoms with Gasteiger partial charge in [0.25, 0.3) is 5.69 Å². The van der Waals surface area contributed by atoms with E-state index in [0.29, 0.717) is 5.82 Å². The van der Waals surface area contributed by atoms with Crippen LogP contribution in [-0.4, -0.2) is 16.5 Å². The molecule has 1 rings (SSSR count). The first-order valence-corrected chi connectivity index (χ1v) is 4.00. The van der Waals surface area contributed by atoms with Gasteiger partial charge in [0.15, 0.2) is 0 Å². The number of nitrogens with one attached hydrogen (secondary N) is 1. The summed E-state index contributed by atoms with van der Waals surface area (Å²) in [6, 6.07) is 2.44. The molecule has 0 unspecified atom stereocenters. The Morgan fingerprint density at radius 2 is 2.43 bits per heavy atom. The second-order valence-electron chi connectivity index (χ2n) is 2.35. The third-order valence-corrected chi connectivity index (χ3v) is 1.55. The lowest BCUT2D eigenvalue weighted by molar-refractivity contribution is -0.384. The minimum absolute atomic E-state index is 0.0544. The van der Waals surface area contributed by atoms with Crippen molar-refractivity contribution in [2.45, 2.75) is 0 Å². The fourth-order valence-electron chi connectivity index (χ4n) is 0.821. The summed E-state index contributed by atoms with van der Waals surface area (Å²) in [5.41, 5.74) is -0.121. The van der Waals surface area contributed by atoms with Gasteiger partial charge in [0.05, 0.1) is 23.6 Å². The van der Waals surface area contributed by atoms with Crippen molar-refractivity contribution in [2.24, 2.45) is 0 Å². The van der Waals surface area contributed by atoms with E-state index < -0.39 is 4.92 Å². The van der Waals surface area contributed by atoms with Crippen molar-refractivity contribution in [1.29, 1.82) is 0 Å². The van der Waals surface area contributed by atoms with Crippen LogP contribution in [0, 0.1) is 22.5 Å². The standard InChI is InChI=1S/C8H6ClN3O2/c1-2-3-10-8-5-6(12(13)14)4-7(9)11-8/h1,4-5H,3H2,(H,10,11). The molecule has 14 heavy (non-hydrogen) atoms. The summed E-state index contributed by atoms with van der Waals surface area (Å²) in [5, 5.41) is 13.2. The minimum atomic E-state index is -0.547. The van der Waals surface area contributed by atoms with Gasteiger partial charge in [-0.25, -0.2) is 4.98 Å². The smallest absolute Gasteiger partial charge is 0.276 e. The third-order valence-electron chi connectivity index (χ3n) is 1.36. The quantitative estimate of drug-likeness (QED) is 0.358. The van der Waals surface area contributed by atoms with Gasteiger partial charge in [-0.05, 0) is 0 Å². The normalized spacial score (nSPS) is 9.14. The number of terminal acetylenes is 1. The molecule has 1 aromatic heterocycles. The molecule has 0 spiro atoms. The molecule has 0 aliphatic rings. The molecule has 0 saturated carbocycles. The summed E-state index contributed by atoms with van der Waals surface area (Å²) in [5.74, 6) is 2.61. The molecule has 0 aliphatic carbocycles.